The number of nitrogens with one attached hydrogen (secondary N) is 1. The van der Waals surface area contributed by atoms with Crippen LogP contribution in [0.5, 0.6) is 0 Å². The van der Waals surface area contributed by atoms with E-state index in [9.17, 15) is 4.79 Å². The zero-order chi connectivity index (χ0) is 14.4. The van der Waals surface area contributed by atoms with Gasteiger partial charge in [-0.25, -0.2) is 4.79 Å². The topological polar surface area (TPSA) is 62.1 Å². The van der Waals surface area contributed by atoms with Crippen LogP contribution in [0.3, 0.4) is 0 Å². The molecule has 0 saturated heterocycles. The van der Waals surface area contributed by atoms with Gasteiger partial charge in [-0.15, -0.1) is 0 Å². The Hall–Kier alpha value is -2.80. The van der Waals surface area contributed by atoms with Crippen LogP contribution >= 0.6 is 0 Å². The Bertz CT molecular complexity index is 645. The van der Waals surface area contributed by atoms with Crippen LogP contribution in [0.25, 0.3) is 0 Å². The minimum Gasteiger partial charge on any atom is -0.465 e. The molecule has 0 amide bonds. The van der Waals surface area contributed by atoms with Crippen LogP contribution in [0.4, 0.5) is 5.69 Å². The van der Waals surface area contributed by atoms with E-state index in [1.54, 1.807) is 12.1 Å². The van der Waals surface area contributed by atoms with E-state index >= 15 is 0 Å². The second-order valence-corrected chi connectivity index (χ2v) is 4.20. The molecular weight excluding hydrogens is 252 g/mol. The molecule has 0 aromatic heterocycles. The molecule has 0 aliphatic heterocycles. The highest BCUT2D eigenvalue weighted by atomic mass is 16.5. The van der Waals surface area contributed by atoms with Gasteiger partial charge in [0.1, 0.15) is 6.07 Å². The number of carbonyl (C=O) groups excluding carboxylic acids is 1. The van der Waals surface area contributed by atoms with Gasteiger partial charge in [0, 0.05) is 6.54 Å². The first-order chi connectivity index (χ1) is 9.74. The number of ether oxygens (including phenoxy) is 1. The second kappa shape index (κ2) is 6.39. The molecule has 0 aliphatic rings. The molecule has 0 atom stereocenters. The fourth-order valence-corrected chi connectivity index (χ4v) is 1.83. The minimum atomic E-state index is -0.448. The van der Waals surface area contributed by atoms with Crippen molar-refractivity contribution in [1.82, 2.24) is 0 Å². The Labute approximate surface area is 117 Å². The molecule has 0 aliphatic carbocycles. The summed E-state index contributed by atoms with van der Waals surface area (Å²) in [6, 6.07) is 16.8. The second-order valence-electron chi connectivity index (χ2n) is 4.20. The lowest BCUT2D eigenvalue weighted by Crippen LogP contribution is -2.05. The maximum absolute atomic E-state index is 11.4. The molecular formula is C16H14N2O2. The van der Waals surface area contributed by atoms with Crippen molar-refractivity contribution >= 4 is 11.7 Å². The van der Waals surface area contributed by atoms with Gasteiger partial charge in [-0.1, -0.05) is 30.3 Å². The fraction of sp³-hybridized carbons (Fsp3) is 0.125. The Kier molecular flexibility index (Phi) is 4.35. The fourth-order valence-electron chi connectivity index (χ4n) is 1.83. The Balaban J connectivity index is 2.16. The van der Waals surface area contributed by atoms with Crippen LogP contribution in [-0.4, -0.2) is 13.1 Å². The van der Waals surface area contributed by atoms with E-state index in [1.165, 1.54) is 13.2 Å². The summed E-state index contributed by atoms with van der Waals surface area (Å²) in [5.41, 5.74) is 2.61. The quantitative estimate of drug-likeness (QED) is 0.864. The van der Waals surface area contributed by atoms with Gasteiger partial charge in [0.2, 0.25) is 0 Å². The molecule has 0 saturated carbocycles. The van der Waals surface area contributed by atoms with Crippen LogP contribution in [-0.2, 0) is 11.3 Å². The monoisotopic (exact) mass is 266 g/mol. The van der Waals surface area contributed by atoms with E-state index in [-0.39, 0.29) is 0 Å². The Morgan fingerprint density at radius 1 is 1.25 bits per heavy atom. The molecule has 4 nitrogen and oxygen atoms in total. The summed E-state index contributed by atoms with van der Waals surface area (Å²) in [6.45, 7) is 0.618. The molecule has 0 bridgehead atoms. The van der Waals surface area contributed by atoms with Crippen LogP contribution in [0.1, 0.15) is 21.5 Å². The van der Waals surface area contributed by atoms with E-state index in [4.69, 9.17) is 5.26 Å². The summed E-state index contributed by atoms with van der Waals surface area (Å²) in [5.74, 6) is -0.448. The molecule has 1 N–H and O–H groups in total. The number of carbonyl (C=O) groups is 1. The summed E-state index contributed by atoms with van der Waals surface area (Å²) in [6.07, 6.45) is 0. The third-order valence-electron chi connectivity index (χ3n) is 2.89. The lowest BCUT2D eigenvalue weighted by atomic mass is 10.1. The SMILES string of the molecule is COC(=O)c1ccc(NCc2ccccc2)c(C#N)c1. The van der Waals surface area contributed by atoms with Gasteiger partial charge in [0.05, 0.1) is 23.9 Å². The average Bonchev–Trinajstić information content (AvgIpc) is 2.53. The van der Waals surface area contributed by atoms with E-state index < -0.39 is 5.97 Å². The number of nitriles is 1. The van der Waals surface area contributed by atoms with Crippen molar-refractivity contribution in [2.45, 2.75) is 6.54 Å². The predicted octanol–water partition coefficient (Wildman–Crippen LogP) is 2.96. The molecule has 100 valence electrons. The zero-order valence-electron chi connectivity index (χ0n) is 11.1. The number of benzene rings is 2. The van der Waals surface area contributed by atoms with E-state index in [0.717, 1.165) is 5.56 Å². The summed E-state index contributed by atoms with van der Waals surface area (Å²) in [7, 11) is 1.32. The molecule has 2 rings (SSSR count). The Morgan fingerprint density at radius 2 is 2.00 bits per heavy atom. The number of rotatable bonds is 4. The van der Waals surface area contributed by atoms with Crippen LogP contribution in [0.2, 0.25) is 0 Å². The van der Waals surface area contributed by atoms with Crippen LogP contribution < -0.4 is 5.32 Å². The number of hydrogen-bond acceptors (Lipinski definition) is 4. The summed E-state index contributed by atoms with van der Waals surface area (Å²) in [4.78, 5) is 11.4. The zero-order valence-corrected chi connectivity index (χ0v) is 11.1. The van der Waals surface area contributed by atoms with Gasteiger partial charge < -0.3 is 10.1 Å². The molecule has 4 heteroatoms. The lowest BCUT2D eigenvalue weighted by molar-refractivity contribution is 0.0600. The molecule has 0 radical (unpaired) electrons. The first kappa shape index (κ1) is 13.6. The predicted molar refractivity (Wildman–Crippen MR) is 76.3 cm³/mol. The van der Waals surface area contributed by atoms with Crippen LogP contribution in [0.15, 0.2) is 48.5 Å². The van der Waals surface area contributed by atoms with Crippen molar-refractivity contribution in [2.75, 3.05) is 12.4 Å². The summed E-state index contributed by atoms with van der Waals surface area (Å²) in [5, 5.41) is 12.3. The van der Waals surface area contributed by atoms with Gasteiger partial charge in [0.15, 0.2) is 0 Å². The molecule has 20 heavy (non-hydrogen) atoms. The van der Waals surface area contributed by atoms with Gasteiger partial charge in [-0.05, 0) is 23.8 Å². The molecule has 0 heterocycles. The van der Waals surface area contributed by atoms with Crippen molar-refractivity contribution in [2.24, 2.45) is 0 Å². The van der Waals surface area contributed by atoms with Crippen molar-refractivity contribution in [3.05, 3.63) is 65.2 Å². The normalized spacial score (nSPS) is 9.60. The van der Waals surface area contributed by atoms with Crippen LogP contribution in [0, 0.1) is 11.3 Å². The van der Waals surface area contributed by atoms with Gasteiger partial charge in [-0.3, -0.25) is 0 Å². The van der Waals surface area contributed by atoms with Crippen molar-refractivity contribution in [3.63, 3.8) is 0 Å². The van der Waals surface area contributed by atoms with E-state index in [2.05, 4.69) is 16.1 Å². The largest absolute Gasteiger partial charge is 0.465 e. The molecule has 0 spiro atoms. The van der Waals surface area contributed by atoms with Crippen molar-refractivity contribution in [3.8, 4) is 6.07 Å². The standard InChI is InChI=1S/C16H14N2O2/c1-20-16(19)13-7-8-15(14(9-13)10-17)18-11-12-5-3-2-4-6-12/h2-9,18H,11H2,1H3. The molecule has 2 aromatic rings. The average molecular weight is 266 g/mol. The first-order valence-corrected chi connectivity index (χ1v) is 6.15. The first-order valence-electron chi connectivity index (χ1n) is 6.15. The van der Waals surface area contributed by atoms with E-state index in [0.29, 0.717) is 23.4 Å². The molecule has 0 unspecified atom stereocenters. The highest BCUT2D eigenvalue weighted by Gasteiger charge is 2.09. The third kappa shape index (κ3) is 3.15. The summed E-state index contributed by atoms with van der Waals surface area (Å²) < 4.78 is 4.64. The van der Waals surface area contributed by atoms with Crippen molar-refractivity contribution < 1.29 is 9.53 Å². The smallest absolute Gasteiger partial charge is 0.337 e. The number of methoxy groups -OCH3 is 1. The number of nitrogens with zero attached hydrogens (tertiary/aromatic N) is 1. The van der Waals surface area contributed by atoms with E-state index in [1.807, 2.05) is 30.3 Å². The Morgan fingerprint density at radius 3 is 2.65 bits per heavy atom. The number of esters is 1. The summed E-state index contributed by atoms with van der Waals surface area (Å²) >= 11 is 0. The molecule has 0 fully saturated rings. The van der Waals surface area contributed by atoms with Gasteiger partial charge >= 0.3 is 5.97 Å². The van der Waals surface area contributed by atoms with Crippen molar-refractivity contribution in [1.29, 1.82) is 5.26 Å². The highest BCUT2D eigenvalue weighted by Crippen LogP contribution is 2.18. The van der Waals surface area contributed by atoms with Gasteiger partial charge in [-0.2, -0.15) is 5.26 Å². The maximum atomic E-state index is 11.4. The lowest BCUT2D eigenvalue weighted by Gasteiger charge is -2.09. The van der Waals surface area contributed by atoms with Gasteiger partial charge in [0.25, 0.3) is 0 Å². The maximum Gasteiger partial charge on any atom is 0.337 e. The highest BCUT2D eigenvalue weighted by molar-refractivity contribution is 5.90. The third-order valence-corrected chi connectivity index (χ3v) is 2.89. The number of anilines is 1. The molecule has 2 aromatic carbocycles. The number of hydrogen-bond donors (Lipinski definition) is 1. The minimum absolute atomic E-state index is 0.370.